The van der Waals surface area contributed by atoms with Crippen LogP contribution in [0.3, 0.4) is 0 Å². The lowest BCUT2D eigenvalue weighted by atomic mass is 9.98. The van der Waals surface area contributed by atoms with Gasteiger partial charge in [0.25, 0.3) is 5.91 Å². The molecule has 0 spiro atoms. The highest BCUT2D eigenvalue weighted by molar-refractivity contribution is 7.89. The molecular formula is C18H22N2O4S. The second-order valence-electron chi connectivity index (χ2n) is 6.44. The van der Waals surface area contributed by atoms with Crippen LogP contribution in [0.5, 0.6) is 0 Å². The summed E-state index contributed by atoms with van der Waals surface area (Å²) >= 11 is 0. The molecule has 1 N–H and O–H groups in total. The van der Waals surface area contributed by atoms with Crippen molar-refractivity contribution in [3.05, 3.63) is 54.0 Å². The first-order chi connectivity index (χ1) is 12.0. The van der Waals surface area contributed by atoms with Crippen LogP contribution >= 0.6 is 0 Å². The molecule has 6 nitrogen and oxygen atoms in total. The van der Waals surface area contributed by atoms with E-state index >= 15 is 0 Å². The number of furan rings is 1. The van der Waals surface area contributed by atoms with Gasteiger partial charge >= 0.3 is 0 Å². The zero-order valence-electron chi connectivity index (χ0n) is 14.1. The molecule has 0 bridgehead atoms. The quantitative estimate of drug-likeness (QED) is 0.886. The molecule has 1 atom stereocenters. The summed E-state index contributed by atoms with van der Waals surface area (Å²) in [6.07, 6.45) is 4.67. The normalized spacial score (nSPS) is 18.3. The number of piperidine rings is 1. The van der Waals surface area contributed by atoms with Crippen molar-refractivity contribution >= 4 is 15.9 Å². The molecule has 1 amide bonds. The van der Waals surface area contributed by atoms with Gasteiger partial charge in [-0.05, 0) is 43.9 Å². The van der Waals surface area contributed by atoms with E-state index in [1.807, 2.05) is 6.92 Å². The Morgan fingerprint density at radius 1 is 1.28 bits per heavy atom. The number of carbonyl (C=O) groups excluding carboxylic acids is 1. The zero-order chi connectivity index (χ0) is 17.9. The number of amides is 1. The van der Waals surface area contributed by atoms with Crippen LogP contribution < -0.4 is 4.72 Å². The predicted molar refractivity (Wildman–Crippen MR) is 93.7 cm³/mol. The van der Waals surface area contributed by atoms with Gasteiger partial charge in [-0.1, -0.05) is 17.7 Å². The van der Waals surface area contributed by atoms with Gasteiger partial charge < -0.3 is 9.32 Å². The number of carbonyl (C=O) groups is 1. The van der Waals surface area contributed by atoms with Crippen LogP contribution in [0, 0.1) is 12.8 Å². The van der Waals surface area contributed by atoms with Crippen molar-refractivity contribution in [1.82, 2.24) is 9.62 Å². The average Bonchev–Trinajstić information content (AvgIpc) is 3.15. The van der Waals surface area contributed by atoms with E-state index in [0.717, 1.165) is 18.4 Å². The Bertz CT molecular complexity index is 813. The van der Waals surface area contributed by atoms with Crippen LogP contribution in [0.1, 0.15) is 28.8 Å². The minimum Gasteiger partial charge on any atom is -0.472 e. The Hall–Kier alpha value is -2.12. The number of rotatable bonds is 5. The molecule has 1 fully saturated rings. The van der Waals surface area contributed by atoms with E-state index in [1.54, 1.807) is 35.2 Å². The van der Waals surface area contributed by atoms with Crippen molar-refractivity contribution in [2.75, 3.05) is 19.6 Å². The van der Waals surface area contributed by atoms with Gasteiger partial charge in [0.05, 0.1) is 16.7 Å². The fourth-order valence-corrected chi connectivity index (χ4v) is 4.13. The number of nitrogens with zero attached hydrogens (tertiary/aromatic N) is 1. The summed E-state index contributed by atoms with van der Waals surface area (Å²) in [7, 11) is -3.53. The number of sulfonamides is 1. The number of hydrogen-bond donors (Lipinski definition) is 1. The van der Waals surface area contributed by atoms with Gasteiger partial charge in [-0.2, -0.15) is 0 Å². The molecule has 1 aliphatic heterocycles. The minimum atomic E-state index is -3.53. The summed E-state index contributed by atoms with van der Waals surface area (Å²) in [5, 5.41) is 0. The van der Waals surface area contributed by atoms with Gasteiger partial charge in [-0.25, -0.2) is 13.1 Å². The Kier molecular flexibility index (Phi) is 5.24. The van der Waals surface area contributed by atoms with Crippen molar-refractivity contribution in [2.45, 2.75) is 24.7 Å². The van der Waals surface area contributed by atoms with E-state index in [4.69, 9.17) is 4.42 Å². The van der Waals surface area contributed by atoms with Crippen molar-refractivity contribution in [2.24, 2.45) is 5.92 Å². The smallest absolute Gasteiger partial charge is 0.257 e. The Balaban J connectivity index is 1.59. The van der Waals surface area contributed by atoms with Crippen molar-refractivity contribution in [3.63, 3.8) is 0 Å². The largest absolute Gasteiger partial charge is 0.472 e. The van der Waals surface area contributed by atoms with E-state index < -0.39 is 10.0 Å². The van der Waals surface area contributed by atoms with Gasteiger partial charge in [-0.3, -0.25) is 4.79 Å². The Morgan fingerprint density at radius 2 is 2.04 bits per heavy atom. The molecular weight excluding hydrogens is 340 g/mol. The molecule has 1 aliphatic rings. The van der Waals surface area contributed by atoms with Crippen molar-refractivity contribution < 1.29 is 17.6 Å². The van der Waals surface area contributed by atoms with Gasteiger partial charge in [-0.15, -0.1) is 0 Å². The molecule has 2 aromatic rings. The van der Waals surface area contributed by atoms with E-state index in [2.05, 4.69) is 4.72 Å². The lowest BCUT2D eigenvalue weighted by Gasteiger charge is -2.32. The summed E-state index contributed by atoms with van der Waals surface area (Å²) < 4.78 is 32.4. The van der Waals surface area contributed by atoms with Crippen molar-refractivity contribution in [1.29, 1.82) is 0 Å². The summed E-state index contributed by atoms with van der Waals surface area (Å²) in [6.45, 7) is 3.47. The first-order valence-electron chi connectivity index (χ1n) is 8.33. The van der Waals surface area contributed by atoms with E-state index in [1.165, 1.54) is 12.5 Å². The second kappa shape index (κ2) is 7.41. The highest BCUT2D eigenvalue weighted by Crippen LogP contribution is 2.19. The minimum absolute atomic E-state index is 0.0696. The molecule has 2 heterocycles. The van der Waals surface area contributed by atoms with Crippen molar-refractivity contribution in [3.8, 4) is 0 Å². The third-order valence-corrected chi connectivity index (χ3v) is 5.91. The van der Waals surface area contributed by atoms with E-state index in [9.17, 15) is 13.2 Å². The number of aryl methyl sites for hydroxylation is 1. The standard InChI is InChI=1S/C18H22N2O4S/c1-14-4-6-17(7-5-14)25(22,23)19-11-15-3-2-9-20(12-15)18(21)16-8-10-24-13-16/h4-8,10,13,15,19H,2-3,9,11-12H2,1H3/t15-/m0/s1. The first kappa shape index (κ1) is 17.7. The molecule has 7 heteroatoms. The topological polar surface area (TPSA) is 79.6 Å². The van der Waals surface area contributed by atoms with Gasteiger partial charge in [0.15, 0.2) is 0 Å². The SMILES string of the molecule is Cc1ccc(S(=O)(=O)NC[C@@H]2CCCN(C(=O)c3ccoc3)C2)cc1. The highest BCUT2D eigenvalue weighted by atomic mass is 32.2. The van der Waals surface area contributed by atoms with Gasteiger partial charge in [0.1, 0.15) is 6.26 Å². The molecule has 1 aromatic heterocycles. The summed E-state index contributed by atoms with van der Waals surface area (Å²) in [6, 6.07) is 8.41. The maximum Gasteiger partial charge on any atom is 0.257 e. The summed E-state index contributed by atoms with van der Waals surface area (Å²) in [5.41, 5.74) is 1.54. The Labute approximate surface area is 147 Å². The zero-order valence-corrected chi connectivity index (χ0v) is 15.0. The third-order valence-electron chi connectivity index (χ3n) is 4.47. The van der Waals surface area contributed by atoms with Crippen LogP contribution in [-0.4, -0.2) is 38.9 Å². The number of nitrogens with one attached hydrogen (secondary N) is 1. The van der Waals surface area contributed by atoms with Crippen LogP contribution in [0.4, 0.5) is 0 Å². The average molecular weight is 362 g/mol. The molecule has 0 unspecified atom stereocenters. The molecule has 25 heavy (non-hydrogen) atoms. The molecule has 134 valence electrons. The summed E-state index contributed by atoms with van der Waals surface area (Å²) in [5.74, 6) is 0.0321. The fourth-order valence-electron chi connectivity index (χ4n) is 3.01. The molecule has 3 rings (SSSR count). The predicted octanol–water partition coefficient (Wildman–Crippen LogP) is 2.42. The highest BCUT2D eigenvalue weighted by Gasteiger charge is 2.26. The molecule has 1 saturated heterocycles. The van der Waals surface area contributed by atoms with Crippen LogP contribution in [-0.2, 0) is 10.0 Å². The maximum atomic E-state index is 12.4. The third kappa shape index (κ3) is 4.29. The maximum absolute atomic E-state index is 12.4. The number of benzene rings is 1. The lowest BCUT2D eigenvalue weighted by Crippen LogP contribution is -2.43. The molecule has 1 aromatic carbocycles. The number of hydrogen-bond acceptors (Lipinski definition) is 4. The van der Waals surface area contributed by atoms with E-state index in [-0.39, 0.29) is 16.7 Å². The monoisotopic (exact) mass is 362 g/mol. The van der Waals surface area contributed by atoms with Gasteiger partial charge in [0, 0.05) is 19.6 Å². The molecule has 0 aliphatic carbocycles. The number of likely N-dealkylation sites (tertiary alicyclic amines) is 1. The molecule has 0 radical (unpaired) electrons. The van der Waals surface area contributed by atoms with E-state index in [0.29, 0.717) is 25.2 Å². The lowest BCUT2D eigenvalue weighted by molar-refractivity contribution is 0.0675. The first-order valence-corrected chi connectivity index (χ1v) is 9.82. The van der Waals surface area contributed by atoms with Gasteiger partial charge in [0.2, 0.25) is 10.0 Å². The molecule has 0 saturated carbocycles. The fraction of sp³-hybridized carbons (Fsp3) is 0.389. The Morgan fingerprint density at radius 3 is 2.72 bits per heavy atom. The summed E-state index contributed by atoms with van der Waals surface area (Å²) in [4.78, 5) is 14.4. The van der Waals surface area contributed by atoms with Crippen LogP contribution in [0.2, 0.25) is 0 Å². The van der Waals surface area contributed by atoms with Crippen LogP contribution in [0.15, 0.2) is 52.2 Å². The second-order valence-corrected chi connectivity index (χ2v) is 8.20. The van der Waals surface area contributed by atoms with Crippen LogP contribution in [0.25, 0.3) is 0 Å².